The minimum absolute atomic E-state index is 0.0122. The van der Waals surface area contributed by atoms with Crippen molar-refractivity contribution in [3.05, 3.63) is 71.3 Å². The first-order valence-corrected chi connectivity index (χ1v) is 9.61. The lowest BCUT2D eigenvalue weighted by molar-refractivity contribution is -0.121. The molecule has 0 radical (unpaired) electrons. The first-order chi connectivity index (χ1) is 13.7. The number of aryl methyl sites for hydroxylation is 2. The molecule has 0 spiro atoms. The van der Waals surface area contributed by atoms with Crippen molar-refractivity contribution in [2.45, 2.75) is 32.4 Å². The highest BCUT2D eigenvalue weighted by molar-refractivity contribution is 5.80. The number of hydrogen-bond donors (Lipinski definition) is 1. The normalized spacial score (nSPS) is 11.3. The molecule has 0 unspecified atom stereocenters. The summed E-state index contributed by atoms with van der Waals surface area (Å²) >= 11 is 0. The summed E-state index contributed by atoms with van der Waals surface area (Å²) in [6.07, 6.45) is 3.94. The van der Waals surface area contributed by atoms with Crippen LogP contribution in [0.1, 0.15) is 19.3 Å². The lowest BCUT2D eigenvalue weighted by Crippen LogP contribution is -2.25. The van der Waals surface area contributed by atoms with Crippen LogP contribution in [0.4, 0.5) is 0 Å². The van der Waals surface area contributed by atoms with Gasteiger partial charge in [-0.15, -0.1) is 0 Å². The topological polar surface area (TPSA) is 69.2 Å². The zero-order valence-electron chi connectivity index (χ0n) is 15.6. The molecule has 4 aromatic rings. The predicted molar refractivity (Wildman–Crippen MR) is 109 cm³/mol. The molecule has 0 bridgehead atoms. The molecular formula is C22H23N3O3. The largest absolute Gasteiger partial charge is 0.419 e. The number of nitrogens with zero attached hydrogens (tertiary/aromatic N) is 2. The molecule has 28 heavy (non-hydrogen) atoms. The van der Waals surface area contributed by atoms with Crippen molar-refractivity contribution in [2.75, 3.05) is 6.54 Å². The molecule has 0 fully saturated rings. The zero-order chi connectivity index (χ0) is 19.3. The van der Waals surface area contributed by atoms with E-state index in [2.05, 4.69) is 34.3 Å². The smallest absolute Gasteiger partial charge is 0.408 e. The van der Waals surface area contributed by atoms with Crippen LogP contribution >= 0.6 is 0 Å². The molecule has 0 aliphatic heterocycles. The van der Waals surface area contributed by atoms with Crippen LogP contribution in [0, 0.1) is 0 Å². The van der Waals surface area contributed by atoms with Gasteiger partial charge in [-0.05, 0) is 42.5 Å². The quantitative estimate of drug-likeness (QED) is 0.478. The third kappa shape index (κ3) is 3.86. The van der Waals surface area contributed by atoms with Gasteiger partial charge in [-0.3, -0.25) is 9.36 Å². The Morgan fingerprint density at radius 3 is 2.61 bits per heavy atom. The molecule has 1 N–H and O–H groups in total. The van der Waals surface area contributed by atoms with Crippen molar-refractivity contribution >= 4 is 27.9 Å². The number of oxazole rings is 1. The van der Waals surface area contributed by atoms with Gasteiger partial charge in [0.1, 0.15) is 0 Å². The van der Waals surface area contributed by atoms with Gasteiger partial charge >= 0.3 is 5.76 Å². The van der Waals surface area contributed by atoms with Crippen molar-refractivity contribution in [3.63, 3.8) is 0 Å². The molecule has 0 saturated heterocycles. The number of para-hydroxylation sites is 3. The van der Waals surface area contributed by atoms with Gasteiger partial charge in [0.05, 0.1) is 5.52 Å². The Balaban J connectivity index is 1.21. The minimum atomic E-state index is -0.374. The van der Waals surface area contributed by atoms with Gasteiger partial charge in [-0.25, -0.2) is 4.79 Å². The third-order valence-corrected chi connectivity index (χ3v) is 4.94. The van der Waals surface area contributed by atoms with Gasteiger partial charge in [0.2, 0.25) is 5.91 Å². The van der Waals surface area contributed by atoms with Crippen LogP contribution in [0.5, 0.6) is 0 Å². The second-order valence-corrected chi connectivity index (χ2v) is 6.86. The fourth-order valence-electron chi connectivity index (χ4n) is 3.52. The summed E-state index contributed by atoms with van der Waals surface area (Å²) < 4.78 is 9.00. The van der Waals surface area contributed by atoms with Crippen LogP contribution in [0.25, 0.3) is 22.0 Å². The minimum Gasteiger partial charge on any atom is -0.408 e. The number of aromatic nitrogens is 2. The van der Waals surface area contributed by atoms with Gasteiger partial charge in [0.15, 0.2) is 5.58 Å². The molecule has 0 saturated carbocycles. The van der Waals surface area contributed by atoms with E-state index in [1.54, 1.807) is 10.6 Å². The highest BCUT2D eigenvalue weighted by atomic mass is 16.4. The average molecular weight is 377 g/mol. The highest BCUT2D eigenvalue weighted by Gasteiger charge is 2.09. The number of amides is 1. The number of carbonyl (C=O) groups excluding carboxylic acids is 1. The Bertz CT molecular complexity index is 1150. The molecule has 0 aliphatic rings. The maximum atomic E-state index is 12.1. The monoisotopic (exact) mass is 377 g/mol. The molecule has 2 aromatic carbocycles. The molecule has 2 heterocycles. The number of fused-ring (bicyclic) bond motifs is 2. The molecule has 2 aromatic heterocycles. The van der Waals surface area contributed by atoms with Crippen LogP contribution < -0.4 is 11.1 Å². The Morgan fingerprint density at radius 2 is 1.71 bits per heavy atom. The van der Waals surface area contributed by atoms with E-state index in [1.807, 2.05) is 30.3 Å². The van der Waals surface area contributed by atoms with Gasteiger partial charge in [0.25, 0.3) is 0 Å². The fraction of sp³-hybridized carbons (Fsp3) is 0.273. The standard InChI is InChI=1S/C22H23N3O3/c26-21(11-5-15-25-19-9-3-4-10-20(19)28-22(25)27)23-13-6-14-24-16-12-17-7-1-2-8-18(17)24/h1-4,7-10,12,16H,5-6,11,13-15H2,(H,23,26). The molecule has 6 nitrogen and oxygen atoms in total. The number of benzene rings is 2. The van der Waals surface area contributed by atoms with E-state index in [9.17, 15) is 9.59 Å². The number of hydrogen-bond acceptors (Lipinski definition) is 3. The molecule has 144 valence electrons. The van der Waals surface area contributed by atoms with E-state index in [0.717, 1.165) is 18.5 Å². The van der Waals surface area contributed by atoms with Crippen LogP contribution in [0.3, 0.4) is 0 Å². The van der Waals surface area contributed by atoms with E-state index < -0.39 is 0 Å². The van der Waals surface area contributed by atoms with Crippen LogP contribution in [0.15, 0.2) is 70.0 Å². The van der Waals surface area contributed by atoms with E-state index in [-0.39, 0.29) is 11.7 Å². The third-order valence-electron chi connectivity index (χ3n) is 4.94. The SMILES string of the molecule is O=C(CCCn1c(=O)oc2ccccc21)NCCCn1ccc2ccccc21. The van der Waals surface area contributed by atoms with Crippen molar-refractivity contribution in [2.24, 2.45) is 0 Å². The molecule has 0 aliphatic carbocycles. The van der Waals surface area contributed by atoms with Crippen LogP contribution in [0.2, 0.25) is 0 Å². The van der Waals surface area contributed by atoms with Gasteiger partial charge in [-0.2, -0.15) is 0 Å². The van der Waals surface area contributed by atoms with E-state index >= 15 is 0 Å². The van der Waals surface area contributed by atoms with Gasteiger partial charge in [-0.1, -0.05) is 30.3 Å². The van der Waals surface area contributed by atoms with E-state index in [1.165, 1.54) is 10.9 Å². The zero-order valence-corrected chi connectivity index (χ0v) is 15.6. The summed E-state index contributed by atoms with van der Waals surface area (Å²) in [7, 11) is 0. The Morgan fingerprint density at radius 1 is 0.929 bits per heavy atom. The maximum Gasteiger partial charge on any atom is 0.419 e. The number of nitrogens with one attached hydrogen (secondary N) is 1. The highest BCUT2D eigenvalue weighted by Crippen LogP contribution is 2.15. The van der Waals surface area contributed by atoms with Crippen LogP contribution in [-0.2, 0) is 17.9 Å². The van der Waals surface area contributed by atoms with Gasteiger partial charge < -0.3 is 14.3 Å². The lowest BCUT2D eigenvalue weighted by Gasteiger charge is -2.08. The second-order valence-electron chi connectivity index (χ2n) is 6.86. The summed E-state index contributed by atoms with van der Waals surface area (Å²) in [5.74, 6) is -0.362. The first kappa shape index (κ1) is 18.1. The summed E-state index contributed by atoms with van der Waals surface area (Å²) in [6, 6.07) is 17.7. The predicted octanol–water partition coefficient (Wildman–Crippen LogP) is 3.54. The Hall–Kier alpha value is -3.28. The van der Waals surface area contributed by atoms with E-state index in [4.69, 9.17) is 4.42 Å². The molecule has 4 rings (SSSR count). The Labute approximate surface area is 162 Å². The Kier molecular flexibility index (Phi) is 5.28. The molecule has 1 amide bonds. The summed E-state index contributed by atoms with van der Waals surface area (Å²) in [5, 5.41) is 4.19. The summed E-state index contributed by atoms with van der Waals surface area (Å²) in [6.45, 7) is 1.97. The molecule has 6 heteroatoms. The van der Waals surface area contributed by atoms with Gasteiger partial charge in [0, 0.05) is 37.8 Å². The number of rotatable bonds is 8. The van der Waals surface area contributed by atoms with Crippen molar-refractivity contribution in [1.29, 1.82) is 0 Å². The molecule has 0 atom stereocenters. The first-order valence-electron chi connectivity index (χ1n) is 9.61. The van der Waals surface area contributed by atoms with E-state index in [0.29, 0.717) is 31.5 Å². The fourth-order valence-corrected chi connectivity index (χ4v) is 3.52. The second kappa shape index (κ2) is 8.17. The van der Waals surface area contributed by atoms with Crippen LogP contribution in [-0.4, -0.2) is 21.6 Å². The summed E-state index contributed by atoms with van der Waals surface area (Å²) in [5.41, 5.74) is 2.56. The summed E-state index contributed by atoms with van der Waals surface area (Å²) in [4.78, 5) is 24.0. The lowest BCUT2D eigenvalue weighted by atomic mass is 10.2. The molecular weight excluding hydrogens is 354 g/mol. The average Bonchev–Trinajstić information content (AvgIpc) is 3.26. The van der Waals surface area contributed by atoms with Crippen molar-refractivity contribution in [3.8, 4) is 0 Å². The van der Waals surface area contributed by atoms with Crippen molar-refractivity contribution < 1.29 is 9.21 Å². The maximum absolute atomic E-state index is 12.1. The van der Waals surface area contributed by atoms with Crippen molar-refractivity contribution in [1.82, 2.24) is 14.5 Å². The number of carbonyl (C=O) groups is 1.